The van der Waals surface area contributed by atoms with Crippen molar-refractivity contribution in [3.8, 4) is 0 Å². The molecule has 0 aliphatic heterocycles. The Kier molecular flexibility index (Phi) is 4.33. The average molecular weight is 210 g/mol. The fourth-order valence-corrected chi connectivity index (χ4v) is 1.42. The van der Waals surface area contributed by atoms with E-state index in [4.69, 9.17) is 0 Å². The fourth-order valence-electron chi connectivity index (χ4n) is 1.42. The van der Waals surface area contributed by atoms with Crippen LogP contribution in [0.5, 0.6) is 0 Å². The molecule has 1 rings (SSSR count). The van der Waals surface area contributed by atoms with Gasteiger partial charge in [-0.25, -0.2) is 0 Å². The van der Waals surface area contributed by atoms with Crippen LogP contribution in [0.1, 0.15) is 45.9 Å². The van der Waals surface area contributed by atoms with Crippen LogP contribution in [0.25, 0.3) is 0 Å². The molecule has 0 aromatic carbocycles. The largest absolute Gasteiger partial charge is 0.393 e. The Hall–Kier alpha value is -0.830. The molecule has 0 radical (unpaired) electrons. The molecule has 1 N–H and O–H groups in total. The summed E-state index contributed by atoms with van der Waals surface area (Å²) in [6, 6.07) is 2.51. The summed E-state index contributed by atoms with van der Waals surface area (Å²) in [5, 5.41) is 13.9. The maximum Gasteiger partial charge on any atom is 0.0628 e. The van der Waals surface area contributed by atoms with Gasteiger partial charge in [-0.1, -0.05) is 13.8 Å². The topological polar surface area (TPSA) is 38.0 Å². The van der Waals surface area contributed by atoms with Crippen LogP contribution >= 0.6 is 0 Å². The molecule has 0 bridgehead atoms. The van der Waals surface area contributed by atoms with E-state index in [1.54, 1.807) is 0 Å². The molecule has 86 valence electrons. The molecule has 1 aromatic rings. The van der Waals surface area contributed by atoms with Gasteiger partial charge in [-0.3, -0.25) is 4.68 Å². The number of aliphatic hydroxyl groups is 1. The minimum atomic E-state index is -0.265. The lowest BCUT2D eigenvalue weighted by Crippen LogP contribution is -2.16. The molecule has 3 nitrogen and oxygen atoms in total. The molecule has 3 atom stereocenters. The molecule has 0 aliphatic rings. The van der Waals surface area contributed by atoms with E-state index in [1.165, 1.54) is 0 Å². The quantitative estimate of drug-likeness (QED) is 0.810. The van der Waals surface area contributed by atoms with Crippen LogP contribution in [0.3, 0.4) is 0 Å². The third-order valence-corrected chi connectivity index (χ3v) is 3.06. The summed E-state index contributed by atoms with van der Waals surface area (Å²) in [4.78, 5) is 0. The van der Waals surface area contributed by atoms with Crippen molar-refractivity contribution < 1.29 is 5.11 Å². The Bertz CT molecular complexity index is 294. The van der Waals surface area contributed by atoms with Crippen LogP contribution in [0.4, 0.5) is 0 Å². The molecule has 1 heterocycles. The van der Waals surface area contributed by atoms with Crippen LogP contribution < -0.4 is 0 Å². The molecule has 0 saturated heterocycles. The SMILES string of the molecule is CCC(C)n1ccc(CC(C)C(C)O)n1. The predicted molar refractivity (Wildman–Crippen MR) is 61.8 cm³/mol. The Balaban J connectivity index is 2.60. The normalized spacial score (nSPS) is 17.4. The van der Waals surface area contributed by atoms with E-state index in [9.17, 15) is 5.11 Å². The van der Waals surface area contributed by atoms with Crippen molar-refractivity contribution in [3.05, 3.63) is 18.0 Å². The van der Waals surface area contributed by atoms with Gasteiger partial charge in [0.25, 0.3) is 0 Å². The zero-order valence-corrected chi connectivity index (χ0v) is 10.1. The molecule has 0 saturated carbocycles. The van der Waals surface area contributed by atoms with Crippen molar-refractivity contribution in [1.82, 2.24) is 9.78 Å². The van der Waals surface area contributed by atoms with Crippen molar-refractivity contribution in [2.45, 2.75) is 52.7 Å². The van der Waals surface area contributed by atoms with Crippen LogP contribution in [0.15, 0.2) is 12.3 Å². The van der Waals surface area contributed by atoms with Gasteiger partial charge >= 0.3 is 0 Å². The molecule has 0 fully saturated rings. The summed E-state index contributed by atoms with van der Waals surface area (Å²) in [7, 11) is 0. The van der Waals surface area contributed by atoms with Crippen molar-refractivity contribution >= 4 is 0 Å². The molecule has 0 spiro atoms. The Morgan fingerprint density at radius 3 is 2.60 bits per heavy atom. The monoisotopic (exact) mass is 210 g/mol. The summed E-state index contributed by atoms with van der Waals surface area (Å²) in [6.07, 6.45) is 3.70. The zero-order chi connectivity index (χ0) is 11.4. The molecular weight excluding hydrogens is 188 g/mol. The van der Waals surface area contributed by atoms with Gasteiger partial charge < -0.3 is 5.11 Å². The molecule has 1 aromatic heterocycles. The molecule has 0 aliphatic carbocycles. The minimum absolute atomic E-state index is 0.265. The Morgan fingerprint density at radius 2 is 2.07 bits per heavy atom. The highest BCUT2D eigenvalue weighted by atomic mass is 16.3. The summed E-state index contributed by atoms with van der Waals surface area (Å²) >= 11 is 0. The van der Waals surface area contributed by atoms with Gasteiger partial charge in [0.2, 0.25) is 0 Å². The highest BCUT2D eigenvalue weighted by Crippen LogP contribution is 2.13. The van der Waals surface area contributed by atoms with Crippen molar-refractivity contribution in [2.24, 2.45) is 5.92 Å². The molecule has 3 heteroatoms. The van der Waals surface area contributed by atoms with Crippen molar-refractivity contribution in [3.63, 3.8) is 0 Å². The van der Waals surface area contributed by atoms with Crippen molar-refractivity contribution in [1.29, 1.82) is 0 Å². The van der Waals surface area contributed by atoms with Gasteiger partial charge in [0.05, 0.1) is 11.8 Å². The number of hydrogen-bond donors (Lipinski definition) is 1. The summed E-state index contributed by atoms with van der Waals surface area (Å²) in [6.45, 7) is 8.20. The first-order valence-electron chi connectivity index (χ1n) is 5.76. The molecule has 0 amide bonds. The van der Waals surface area contributed by atoms with Crippen molar-refractivity contribution in [2.75, 3.05) is 0 Å². The minimum Gasteiger partial charge on any atom is -0.393 e. The first kappa shape index (κ1) is 12.2. The lowest BCUT2D eigenvalue weighted by Gasteiger charge is -2.13. The third-order valence-electron chi connectivity index (χ3n) is 3.06. The van der Waals surface area contributed by atoms with Crippen LogP contribution in [-0.4, -0.2) is 21.0 Å². The first-order chi connectivity index (χ1) is 7.04. The predicted octanol–water partition coefficient (Wildman–Crippen LogP) is 2.41. The van der Waals surface area contributed by atoms with Gasteiger partial charge in [-0.05, 0) is 38.7 Å². The Morgan fingerprint density at radius 1 is 1.40 bits per heavy atom. The standard InChI is InChI=1S/C12H22N2O/c1-5-10(3)14-7-6-12(13-14)8-9(2)11(4)15/h6-7,9-11,15H,5,8H2,1-4H3. The van der Waals surface area contributed by atoms with Gasteiger partial charge in [-0.15, -0.1) is 0 Å². The fraction of sp³-hybridized carbons (Fsp3) is 0.750. The highest BCUT2D eigenvalue weighted by Gasteiger charge is 2.12. The number of nitrogens with zero attached hydrogens (tertiary/aromatic N) is 2. The van der Waals surface area contributed by atoms with E-state index in [0.29, 0.717) is 6.04 Å². The maximum absolute atomic E-state index is 9.41. The number of rotatable bonds is 5. The highest BCUT2D eigenvalue weighted by molar-refractivity contribution is 5.01. The second-order valence-electron chi connectivity index (χ2n) is 4.47. The van der Waals surface area contributed by atoms with E-state index < -0.39 is 0 Å². The maximum atomic E-state index is 9.41. The van der Waals surface area contributed by atoms with Crippen LogP contribution in [0.2, 0.25) is 0 Å². The molecular formula is C12H22N2O. The summed E-state index contributed by atoms with van der Waals surface area (Å²) in [5.74, 6) is 0.269. The smallest absolute Gasteiger partial charge is 0.0628 e. The molecule has 15 heavy (non-hydrogen) atoms. The van der Waals surface area contributed by atoms with Gasteiger partial charge in [-0.2, -0.15) is 5.10 Å². The number of aliphatic hydroxyl groups excluding tert-OH is 1. The lowest BCUT2D eigenvalue weighted by molar-refractivity contribution is 0.134. The number of aromatic nitrogens is 2. The lowest BCUT2D eigenvalue weighted by atomic mass is 10.0. The van der Waals surface area contributed by atoms with E-state index in [2.05, 4.69) is 18.9 Å². The molecule has 3 unspecified atom stereocenters. The average Bonchev–Trinajstić information content (AvgIpc) is 2.65. The van der Waals surface area contributed by atoms with Crippen LogP contribution in [0, 0.1) is 5.92 Å². The van der Waals surface area contributed by atoms with Gasteiger partial charge in [0, 0.05) is 12.2 Å². The third kappa shape index (κ3) is 3.34. The van der Waals surface area contributed by atoms with Crippen LogP contribution in [-0.2, 0) is 6.42 Å². The van der Waals surface area contributed by atoms with E-state index in [-0.39, 0.29) is 12.0 Å². The van der Waals surface area contributed by atoms with Gasteiger partial charge in [0.1, 0.15) is 0 Å². The van der Waals surface area contributed by atoms with Gasteiger partial charge in [0.15, 0.2) is 0 Å². The summed E-state index contributed by atoms with van der Waals surface area (Å²) < 4.78 is 2.00. The second kappa shape index (κ2) is 5.31. The summed E-state index contributed by atoms with van der Waals surface area (Å²) in [5.41, 5.74) is 1.07. The van der Waals surface area contributed by atoms with E-state index >= 15 is 0 Å². The Labute approximate surface area is 92.1 Å². The second-order valence-corrected chi connectivity index (χ2v) is 4.47. The zero-order valence-electron chi connectivity index (χ0n) is 10.1. The number of hydrogen-bond acceptors (Lipinski definition) is 2. The van der Waals surface area contributed by atoms with E-state index in [1.807, 2.05) is 30.8 Å². The van der Waals surface area contributed by atoms with E-state index in [0.717, 1.165) is 18.5 Å². The first-order valence-corrected chi connectivity index (χ1v) is 5.76.